The minimum absolute atomic E-state index is 0.378. The third-order valence-corrected chi connectivity index (χ3v) is 4.29. The van der Waals surface area contributed by atoms with Crippen LogP contribution >= 0.6 is 11.8 Å². The topological polar surface area (TPSA) is 55.6 Å². The Balaban J connectivity index is 2.76. The van der Waals surface area contributed by atoms with Gasteiger partial charge in [-0.2, -0.15) is 0 Å². The molecule has 5 heteroatoms. The number of hydrogen-bond acceptors (Lipinski definition) is 5. The van der Waals surface area contributed by atoms with Gasteiger partial charge in [-0.15, -0.1) is 11.8 Å². The van der Waals surface area contributed by atoms with Crippen LogP contribution in [0.15, 0.2) is 17.0 Å². The molecule has 0 unspecified atom stereocenters. The summed E-state index contributed by atoms with van der Waals surface area (Å²) in [6, 6.07) is 3.84. The number of esters is 1. The molecular formula is C15H24N2O2S. The van der Waals surface area contributed by atoms with E-state index in [-0.39, 0.29) is 5.97 Å². The first-order chi connectivity index (χ1) is 9.53. The van der Waals surface area contributed by atoms with E-state index >= 15 is 0 Å². The number of ether oxygens (including phenoxy) is 1. The third kappa shape index (κ3) is 4.42. The van der Waals surface area contributed by atoms with Gasteiger partial charge in [0, 0.05) is 22.9 Å². The van der Waals surface area contributed by atoms with Crippen LogP contribution in [0, 0.1) is 6.92 Å². The Kier molecular flexibility index (Phi) is 6.88. The molecule has 0 spiro atoms. The molecule has 0 amide bonds. The van der Waals surface area contributed by atoms with Gasteiger partial charge in [0.2, 0.25) is 0 Å². The number of hydrogen-bond donors (Lipinski definition) is 1. The second-order valence-electron chi connectivity index (χ2n) is 4.57. The number of rotatable bonds is 7. The highest BCUT2D eigenvalue weighted by Crippen LogP contribution is 2.27. The number of methoxy groups -OCH3 is 1. The number of thioether (sulfide) groups is 1. The normalized spacial score (nSPS) is 10.8. The summed E-state index contributed by atoms with van der Waals surface area (Å²) in [5.74, 6) is 0.614. The summed E-state index contributed by atoms with van der Waals surface area (Å²) < 4.78 is 4.77. The van der Waals surface area contributed by atoms with E-state index in [4.69, 9.17) is 10.5 Å². The Bertz CT molecular complexity index is 459. The first-order valence-electron chi connectivity index (χ1n) is 6.87. The summed E-state index contributed by atoms with van der Waals surface area (Å²) in [7, 11) is 1.37. The van der Waals surface area contributed by atoms with Crippen molar-refractivity contribution in [2.24, 2.45) is 0 Å². The molecule has 0 bridgehead atoms. The maximum absolute atomic E-state index is 11.7. The standard InChI is InChI=1S/C15H24N2O2S/c1-5-17(6-2)7-8-20-12-9-11(3)14(16)13(10-12)15(18)19-4/h9-10H,5-8,16H2,1-4H3. The zero-order valence-corrected chi connectivity index (χ0v) is 13.5. The van der Waals surface area contributed by atoms with E-state index < -0.39 is 0 Å². The lowest BCUT2D eigenvalue weighted by Gasteiger charge is -2.17. The predicted molar refractivity (Wildman–Crippen MR) is 85.4 cm³/mol. The van der Waals surface area contributed by atoms with Crippen molar-refractivity contribution in [2.75, 3.05) is 38.2 Å². The van der Waals surface area contributed by atoms with Crippen LogP contribution in [0.25, 0.3) is 0 Å². The first-order valence-corrected chi connectivity index (χ1v) is 7.85. The smallest absolute Gasteiger partial charge is 0.340 e. The Morgan fingerprint density at radius 2 is 2.00 bits per heavy atom. The second-order valence-corrected chi connectivity index (χ2v) is 5.74. The van der Waals surface area contributed by atoms with E-state index in [2.05, 4.69) is 18.7 Å². The number of nitrogens with two attached hydrogens (primary N) is 1. The maximum atomic E-state index is 11.7. The van der Waals surface area contributed by atoms with Gasteiger partial charge >= 0.3 is 5.97 Å². The van der Waals surface area contributed by atoms with E-state index in [1.54, 1.807) is 11.8 Å². The molecule has 20 heavy (non-hydrogen) atoms. The van der Waals surface area contributed by atoms with Gasteiger partial charge in [-0.25, -0.2) is 4.79 Å². The zero-order valence-electron chi connectivity index (χ0n) is 12.7. The molecule has 1 rings (SSSR count). The molecule has 0 saturated heterocycles. The van der Waals surface area contributed by atoms with E-state index in [9.17, 15) is 4.79 Å². The highest BCUT2D eigenvalue weighted by atomic mass is 32.2. The molecule has 0 atom stereocenters. The van der Waals surface area contributed by atoms with Gasteiger partial charge in [0.15, 0.2) is 0 Å². The highest BCUT2D eigenvalue weighted by Gasteiger charge is 2.13. The number of carbonyl (C=O) groups is 1. The van der Waals surface area contributed by atoms with E-state index in [0.29, 0.717) is 11.3 Å². The van der Waals surface area contributed by atoms with Crippen molar-refractivity contribution in [3.63, 3.8) is 0 Å². The molecular weight excluding hydrogens is 272 g/mol. The average molecular weight is 296 g/mol. The molecule has 112 valence electrons. The molecule has 0 aliphatic rings. The monoisotopic (exact) mass is 296 g/mol. The SMILES string of the molecule is CCN(CC)CCSc1cc(C)c(N)c(C(=O)OC)c1. The molecule has 1 aromatic rings. The van der Waals surface area contributed by atoms with Crippen molar-refractivity contribution in [2.45, 2.75) is 25.7 Å². The van der Waals surface area contributed by atoms with E-state index in [0.717, 1.165) is 35.8 Å². The Morgan fingerprint density at radius 3 is 2.55 bits per heavy atom. The molecule has 0 saturated carbocycles. The minimum atomic E-state index is -0.378. The molecule has 0 heterocycles. The van der Waals surface area contributed by atoms with Crippen molar-refractivity contribution in [3.8, 4) is 0 Å². The number of anilines is 1. The lowest BCUT2D eigenvalue weighted by atomic mass is 10.1. The third-order valence-electron chi connectivity index (χ3n) is 3.34. The predicted octanol–water partition coefficient (Wildman–Crippen LogP) is 2.80. The number of carbonyl (C=O) groups excluding carboxylic acids is 1. The van der Waals surface area contributed by atoms with Crippen molar-refractivity contribution < 1.29 is 9.53 Å². The molecule has 0 radical (unpaired) electrons. The van der Waals surface area contributed by atoms with Gasteiger partial charge in [-0.1, -0.05) is 13.8 Å². The van der Waals surface area contributed by atoms with E-state index in [1.807, 2.05) is 19.1 Å². The van der Waals surface area contributed by atoms with Crippen LogP contribution in [-0.2, 0) is 4.74 Å². The quantitative estimate of drug-likeness (QED) is 0.476. The van der Waals surface area contributed by atoms with Gasteiger partial charge in [-0.05, 0) is 37.7 Å². The van der Waals surface area contributed by atoms with Crippen LogP contribution in [0.3, 0.4) is 0 Å². The van der Waals surface area contributed by atoms with Crippen LogP contribution < -0.4 is 5.73 Å². The second kappa shape index (κ2) is 8.17. The largest absolute Gasteiger partial charge is 0.465 e. The Labute approximate surface area is 125 Å². The van der Waals surface area contributed by atoms with Gasteiger partial charge in [0.1, 0.15) is 0 Å². The fourth-order valence-corrected chi connectivity index (χ4v) is 3.01. The summed E-state index contributed by atoms with van der Waals surface area (Å²) >= 11 is 1.74. The summed E-state index contributed by atoms with van der Waals surface area (Å²) in [5.41, 5.74) is 7.81. The average Bonchev–Trinajstić information content (AvgIpc) is 2.46. The van der Waals surface area contributed by atoms with Crippen LogP contribution in [0.5, 0.6) is 0 Å². The molecule has 1 aromatic carbocycles. The molecule has 2 N–H and O–H groups in total. The number of nitrogens with zero attached hydrogens (tertiary/aromatic N) is 1. The van der Waals surface area contributed by atoms with Crippen LogP contribution in [0.2, 0.25) is 0 Å². The molecule has 4 nitrogen and oxygen atoms in total. The zero-order chi connectivity index (χ0) is 15.1. The van der Waals surface area contributed by atoms with Crippen molar-refractivity contribution in [1.29, 1.82) is 0 Å². The van der Waals surface area contributed by atoms with Crippen LogP contribution in [0.4, 0.5) is 5.69 Å². The molecule has 0 aromatic heterocycles. The maximum Gasteiger partial charge on any atom is 0.340 e. The number of aryl methyl sites for hydroxylation is 1. The van der Waals surface area contributed by atoms with Gasteiger partial charge < -0.3 is 15.4 Å². The van der Waals surface area contributed by atoms with Gasteiger partial charge in [-0.3, -0.25) is 0 Å². The van der Waals surface area contributed by atoms with Crippen molar-refractivity contribution >= 4 is 23.4 Å². The van der Waals surface area contributed by atoms with Crippen LogP contribution in [-0.4, -0.2) is 43.4 Å². The summed E-state index contributed by atoms with van der Waals surface area (Å²) in [6.45, 7) is 9.40. The van der Waals surface area contributed by atoms with E-state index in [1.165, 1.54) is 7.11 Å². The molecule has 0 fully saturated rings. The lowest BCUT2D eigenvalue weighted by Crippen LogP contribution is -2.25. The summed E-state index contributed by atoms with van der Waals surface area (Å²) in [6.07, 6.45) is 0. The Hall–Kier alpha value is -1.20. The molecule has 0 aliphatic heterocycles. The number of benzene rings is 1. The fourth-order valence-electron chi connectivity index (χ4n) is 1.96. The number of nitrogen functional groups attached to an aromatic ring is 1. The summed E-state index contributed by atoms with van der Waals surface area (Å²) in [4.78, 5) is 15.1. The lowest BCUT2D eigenvalue weighted by molar-refractivity contribution is 0.0601. The fraction of sp³-hybridized carbons (Fsp3) is 0.533. The van der Waals surface area contributed by atoms with Gasteiger partial charge in [0.25, 0.3) is 0 Å². The van der Waals surface area contributed by atoms with Crippen molar-refractivity contribution in [1.82, 2.24) is 4.90 Å². The Morgan fingerprint density at radius 1 is 1.35 bits per heavy atom. The van der Waals surface area contributed by atoms with Crippen molar-refractivity contribution in [3.05, 3.63) is 23.3 Å². The van der Waals surface area contributed by atoms with Gasteiger partial charge in [0.05, 0.1) is 12.7 Å². The van der Waals surface area contributed by atoms with Crippen LogP contribution in [0.1, 0.15) is 29.8 Å². The summed E-state index contributed by atoms with van der Waals surface area (Å²) in [5, 5.41) is 0. The minimum Gasteiger partial charge on any atom is -0.465 e. The first kappa shape index (κ1) is 16.9. The molecule has 0 aliphatic carbocycles. The highest BCUT2D eigenvalue weighted by molar-refractivity contribution is 7.99.